The first-order valence-corrected chi connectivity index (χ1v) is 9.83. The van der Waals surface area contributed by atoms with E-state index in [1.165, 1.54) is 38.5 Å². The van der Waals surface area contributed by atoms with Crippen molar-refractivity contribution in [2.24, 2.45) is 0 Å². The van der Waals surface area contributed by atoms with E-state index in [0.29, 0.717) is 19.1 Å². The van der Waals surface area contributed by atoms with Crippen LogP contribution < -0.4 is 0 Å². The van der Waals surface area contributed by atoms with Crippen molar-refractivity contribution in [2.45, 2.75) is 105 Å². The van der Waals surface area contributed by atoms with Gasteiger partial charge in [-0.25, -0.2) is 0 Å². The van der Waals surface area contributed by atoms with E-state index in [1.807, 2.05) is 0 Å². The van der Waals surface area contributed by atoms with Gasteiger partial charge in [0.2, 0.25) is 0 Å². The molecule has 0 unspecified atom stereocenters. The third kappa shape index (κ3) is 4.55. The standard InChI is InChI=1S/C16H38B3N3/c1-8-14(9-2)20-17-21(15(10-3)11-4)19(7)22(18-20)16(12-5)13-6/h14-18H,8-13H2,1-7H3. The lowest BCUT2D eigenvalue weighted by molar-refractivity contribution is 0.305. The molecule has 126 valence electrons. The summed E-state index contributed by atoms with van der Waals surface area (Å²) in [5.41, 5.74) is 0. The summed E-state index contributed by atoms with van der Waals surface area (Å²) in [5, 5.41) is 0. The summed E-state index contributed by atoms with van der Waals surface area (Å²) in [5.74, 6) is 0. The highest BCUT2D eigenvalue weighted by Gasteiger charge is 2.41. The van der Waals surface area contributed by atoms with Crippen molar-refractivity contribution in [3.05, 3.63) is 0 Å². The maximum absolute atomic E-state index is 2.76. The van der Waals surface area contributed by atoms with Crippen molar-refractivity contribution in [3.8, 4) is 0 Å². The van der Waals surface area contributed by atoms with E-state index in [4.69, 9.17) is 0 Å². The maximum atomic E-state index is 2.76. The van der Waals surface area contributed by atoms with E-state index >= 15 is 0 Å². The Morgan fingerprint density at radius 3 is 1.23 bits per heavy atom. The quantitative estimate of drug-likeness (QED) is 0.606. The lowest BCUT2D eigenvalue weighted by Crippen LogP contribution is -2.71. The summed E-state index contributed by atoms with van der Waals surface area (Å²) in [4.78, 5) is 0. The van der Waals surface area contributed by atoms with E-state index in [9.17, 15) is 0 Å². The smallest absolute Gasteiger partial charge is 0.286 e. The normalized spacial score (nSPS) is 18.4. The molecule has 22 heavy (non-hydrogen) atoms. The molecule has 0 aliphatic carbocycles. The molecule has 0 aromatic carbocycles. The summed E-state index contributed by atoms with van der Waals surface area (Å²) >= 11 is 0. The van der Waals surface area contributed by atoms with Crippen LogP contribution in [-0.2, 0) is 0 Å². The van der Waals surface area contributed by atoms with Crippen LogP contribution in [-0.4, -0.2) is 54.4 Å². The van der Waals surface area contributed by atoms with Gasteiger partial charge >= 0.3 is 0 Å². The molecule has 1 aliphatic rings. The van der Waals surface area contributed by atoms with Crippen molar-refractivity contribution in [1.82, 2.24) is 14.2 Å². The first-order valence-electron chi connectivity index (χ1n) is 9.83. The Bertz CT molecular complexity index is 272. The molecule has 0 amide bonds. The van der Waals surface area contributed by atoms with Crippen molar-refractivity contribution in [2.75, 3.05) is 0 Å². The summed E-state index contributed by atoms with van der Waals surface area (Å²) in [6, 6.07) is 2.15. The van der Waals surface area contributed by atoms with E-state index in [-0.39, 0.29) is 0 Å². The molecule has 1 aliphatic heterocycles. The fourth-order valence-electron chi connectivity index (χ4n) is 4.28. The van der Waals surface area contributed by atoms with Crippen molar-refractivity contribution in [3.63, 3.8) is 0 Å². The van der Waals surface area contributed by atoms with Crippen molar-refractivity contribution < 1.29 is 0 Å². The summed E-state index contributed by atoms with van der Waals surface area (Å²) in [6.45, 7) is 17.1. The molecule has 1 fully saturated rings. The number of hydrogen-bond acceptors (Lipinski definition) is 3. The van der Waals surface area contributed by atoms with Crippen LogP contribution in [0.1, 0.15) is 80.1 Å². The Morgan fingerprint density at radius 2 is 0.955 bits per heavy atom. The van der Waals surface area contributed by atoms with Crippen LogP contribution in [0.2, 0.25) is 6.82 Å². The van der Waals surface area contributed by atoms with Crippen LogP contribution in [0.4, 0.5) is 0 Å². The molecule has 1 rings (SSSR count). The average Bonchev–Trinajstić information content (AvgIpc) is 2.54. The Labute approximate surface area is 141 Å². The van der Waals surface area contributed by atoms with Gasteiger partial charge in [-0.05, 0) is 56.7 Å². The van der Waals surface area contributed by atoms with Gasteiger partial charge in [-0.3, -0.25) is 0 Å². The minimum Gasteiger partial charge on any atom is -0.361 e. The Hall–Kier alpha value is 0.0748. The van der Waals surface area contributed by atoms with Crippen LogP contribution in [0, 0.1) is 0 Å². The van der Waals surface area contributed by atoms with Crippen LogP contribution in [0.15, 0.2) is 0 Å². The van der Waals surface area contributed by atoms with E-state index in [2.05, 4.69) is 62.5 Å². The first-order chi connectivity index (χ1) is 10.6. The van der Waals surface area contributed by atoms with E-state index in [0.717, 1.165) is 21.1 Å². The Balaban J connectivity index is 3.01. The summed E-state index contributed by atoms with van der Waals surface area (Å²) in [7, 11) is 2.30. The molecule has 0 aromatic heterocycles. The minimum absolute atomic E-state index is 0.570. The topological polar surface area (TPSA) is 9.72 Å². The third-order valence-corrected chi connectivity index (χ3v) is 5.93. The fraction of sp³-hybridized carbons (Fsp3) is 1.00. The molecule has 0 spiro atoms. The van der Waals surface area contributed by atoms with Gasteiger partial charge in [0, 0.05) is 0 Å². The Kier molecular flexibility index (Phi) is 9.19. The molecule has 3 nitrogen and oxygen atoms in total. The van der Waals surface area contributed by atoms with E-state index < -0.39 is 0 Å². The lowest BCUT2D eigenvalue weighted by atomic mass is 9.56. The third-order valence-electron chi connectivity index (χ3n) is 5.93. The second-order valence-electron chi connectivity index (χ2n) is 6.94. The van der Waals surface area contributed by atoms with E-state index in [1.54, 1.807) is 0 Å². The molecule has 1 saturated heterocycles. The largest absolute Gasteiger partial charge is 0.361 e. The molecule has 0 saturated carbocycles. The Morgan fingerprint density at radius 1 is 0.636 bits per heavy atom. The van der Waals surface area contributed by atoms with Crippen LogP contribution >= 0.6 is 0 Å². The van der Waals surface area contributed by atoms with Gasteiger partial charge in [0.15, 0.2) is 0 Å². The van der Waals surface area contributed by atoms with Gasteiger partial charge in [-0.2, -0.15) is 0 Å². The van der Waals surface area contributed by atoms with Gasteiger partial charge < -0.3 is 14.2 Å². The van der Waals surface area contributed by atoms with Gasteiger partial charge in [0.25, 0.3) is 22.1 Å². The molecule has 1 heterocycles. The second-order valence-corrected chi connectivity index (χ2v) is 6.94. The summed E-state index contributed by atoms with van der Waals surface area (Å²) < 4.78 is 8.26. The minimum atomic E-state index is 0.570. The highest BCUT2D eigenvalue weighted by atomic mass is 15.3. The lowest BCUT2D eigenvalue weighted by Gasteiger charge is -2.52. The highest BCUT2D eigenvalue weighted by Crippen LogP contribution is 2.23. The molecule has 0 N–H and O–H groups in total. The molecular formula is C16H38B3N3. The molecule has 0 aromatic rings. The molecule has 6 heteroatoms. The second kappa shape index (κ2) is 10.0. The van der Waals surface area contributed by atoms with Gasteiger partial charge in [0.05, 0.1) is 0 Å². The molecule has 0 radical (unpaired) electrons. The van der Waals surface area contributed by atoms with Crippen LogP contribution in [0.25, 0.3) is 0 Å². The predicted molar refractivity (Wildman–Crippen MR) is 105 cm³/mol. The molecule has 0 atom stereocenters. The number of hydrogen-bond donors (Lipinski definition) is 0. The first kappa shape index (κ1) is 20.1. The summed E-state index contributed by atoms with van der Waals surface area (Å²) in [6.07, 6.45) is 7.56. The van der Waals surface area contributed by atoms with Gasteiger partial charge in [-0.1, -0.05) is 48.4 Å². The zero-order chi connectivity index (χ0) is 16.7. The number of nitrogens with zero attached hydrogens (tertiary/aromatic N) is 3. The van der Waals surface area contributed by atoms with Crippen molar-refractivity contribution >= 4 is 22.1 Å². The maximum Gasteiger partial charge on any atom is 0.286 e. The van der Waals surface area contributed by atoms with Crippen LogP contribution in [0.3, 0.4) is 0 Å². The molecular weight excluding hydrogens is 267 g/mol. The predicted octanol–water partition coefficient (Wildman–Crippen LogP) is 3.12. The fourth-order valence-corrected chi connectivity index (χ4v) is 4.28. The highest BCUT2D eigenvalue weighted by molar-refractivity contribution is 6.73. The zero-order valence-electron chi connectivity index (χ0n) is 16.3. The monoisotopic (exact) mass is 305 g/mol. The van der Waals surface area contributed by atoms with Gasteiger partial charge in [-0.15, -0.1) is 0 Å². The average molecular weight is 305 g/mol. The van der Waals surface area contributed by atoms with Crippen LogP contribution in [0.5, 0.6) is 0 Å². The molecule has 0 bridgehead atoms. The van der Waals surface area contributed by atoms with Gasteiger partial charge in [0.1, 0.15) is 0 Å². The SMILES string of the molecule is CCC(CC)N1BN(C(CC)CC)B(C)N(C(CC)CC)B1. The zero-order valence-corrected chi connectivity index (χ0v) is 16.3. The number of rotatable bonds is 9. The van der Waals surface area contributed by atoms with Crippen molar-refractivity contribution in [1.29, 1.82) is 0 Å².